The molecule has 2 aromatic heterocycles. The smallest absolute Gasteiger partial charge is 0.338 e. The van der Waals surface area contributed by atoms with Crippen molar-refractivity contribution in [3.8, 4) is 0 Å². The summed E-state index contributed by atoms with van der Waals surface area (Å²) in [5, 5.41) is 1.75. The Bertz CT molecular complexity index is 879. The number of benzene rings is 1. The molecule has 0 fully saturated rings. The van der Waals surface area contributed by atoms with Gasteiger partial charge in [0.1, 0.15) is 5.52 Å². The molecular formula is C14H11ClN2O3. The summed E-state index contributed by atoms with van der Waals surface area (Å²) in [7, 11) is 0. The number of pyridine rings is 1. The largest absolute Gasteiger partial charge is 0.462 e. The molecule has 20 heavy (non-hydrogen) atoms. The summed E-state index contributed by atoms with van der Waals surface area (Å²) in [5.74, 6) is -0.398. The normalized spacial score (nSPS) is 11.1. The zero-order valence-electron chi connectivity index (χ0n) is 10.6. The Labute approximate surface area is 118 Å². The SMILES string of the molecule is CCOC(=O)c1ccc2[nH]c3c(=O)[nH]cc(Cl)c3c2c1. The second-order valence-corrected chi connectivity index (χ2v) is 4.73. The first-order chi connectivity index (χ1) is 9.61. The summed E-state index contributed by atoms with van der Waals surface area (Å²) in [6, 6.07) is 5.06. The van der Waals surface area contributed by atoms with Crippen molar-refractivity contribution in [2.45, 2.75) is 6.92 Å². The van der Waals surface area contributed by atoms with Gasteiger partial charge in [-0.15, -0.1) is 0 Å². The van der Waals surface area contributed by atoms with Crippen LogP contribution in [0, 0.1) is 0 Å². The Morgan fingerprint density at radius 2 is 2.20 bits per heavy atom. The quantitative estimate of drug-likeness (QED) is 0.713. The number of nitrogens with one attached hydrogen (secondary N) is 2. The molecule has 6 heteroatoms. The van der Waals surface area contributed by atoms with Gasteiger partial charge < -0.3 is 14.7 Å². The first-order valence-corrected chi connectivity index (χ1v) is 6.49. The molecule has 0 spiro atoms. The summed E-state index contributed by atoms with van der Waals surface area (Å²) in [4.78, 5) is 29.1. The van der Waals surface area contributed by atoms with Crippen molar-refractivity contribution in [3.05, 3.63) is 45.3 Å². The lowest BCUT2D eigenvalue weighted by atomic mass is 10.1. The van der Waals surface area contributed by atoms with E-state index in [2.05, 4.69) is 9.97 Å². The molecule has 0 aliphatic rings. The van der Waals surface area contributed by atoms with Crippen molar-refractivity contribution >= 4 is 39.4 Å². The van der Waals surface area contributed by atoms with E-state index in [1.807, 2.05) is 0 Å². The number of hydrogen-bond donors (Lipinski definition) is 2. The number of halogens is 1. The second-order valence-electron chi connectivity index (χ2n) is 4.32. The number of carbonyl (C=O) groups excluding carboxylic acids is 1. The van der Waals surface area contributed by atoms with Gasteiger partial charge >= 0.3 is 5.97 Å². The Hall–Kier alpha value is -2.27. The van der Waals surface area contributed by atoms with E-state index in [0.717, 1.165) is 10.9 Å². The maximum absolute atomic E-state index is 11.8. The zero-order chi connectivity index (χ0) is 14.3. The number of rotatable bonds is 2. The van der Waals surface area contributed by atoms with Crippen molar-refractivity contribution in [1.29, 1.82) is 0 Å². The number of H-pyrrole nitrogens is 2. The van der Waals surface area contributed by atoms with Crippen LogP contribution in [0.5, 0.6) is 0 Å². The molecule has 2 N–H and O–H groups in total. The predicted molar refractivity (Wildman–Crippen MR) is 77.4 cm³/mol. The first kappa shape index (κ1) is 12.7. The molecule has 0 radical (unpaired) electrons. The number of ether oxygens (including phenoxy) is 1. The minimum Gasteiger partial charge on any atom is -0.462 e. The van der Waals surface area contributed by atoms with E-state index in [9.17, 15) is 9.59 Å². The lowest BCUT2D eigenvalue weighted by Crippen LogP contribution is -2.04. The van der Waals surface area contributed by atoms with Gasteiger partial charge in [-0.1, -0.05) is 11.6 Å². The van der Waals surface area contributed by atoms with Gasteiger partial charge in [-0.05, 0) is 25.1 Å². The number of esters is 1. The molecule has 0 atom stereocenters. The lowest BCUT2D eigenvalue weighted by molar-refractivity contribution is 0.0526. The van der Waals surface area contributed by atoms with Gasteiger partial charge in [0.2, 0.25) is 0 Å². The molecule has 3 rings (SSSR count). The third-order valence-electron chi connectivity index (χ3n) is 3.11. The number of aromatic amines is 2. The van der Waals surface area contributed by atoms with E-state index in [1.54, 1.807) is 25.1 Å². The highest BCUT2D eigenvalue weighted by Gasteiger charge is 2.14. The van der Waals surface area contributed by atoms with Crippen LogP contribution < -0.4 is 5.56 Å². The van der Waals surface area contributed by atoms with E-state index < -0.39 is 5.97 Å². The van der Waals surface area contributed by atoms with Gasteiger partial charge in [-0.2, -0.15) is 0 Å². The van der Waals surface area contributed by atoms with Crippen LogP contribution in [0.3, 0.4) is 0 Å². The maximum Gasteiger partial charge on any atom is 0.338 e. The Balaban J connectivity index is 2.33. The van der Waals surface area contributed by atoms with Gasteiger partial charge in [0.05, 0.1) is 17.2 Å². The van der Waals surface area contributed by atoms with Crippen LogP contribution in [-0.4, -0.2) is 22.5 Å². The van der Waals surface area contributed by atoms with E-state index in [1.165, 1.54) is 6.20 Å². The van der Waals surface area contributed by atoms with Gasteiger partial charge in [0.25, 0.3) is 5.56 Å². The highest BCUT2D eigenvalue weighted by molar-refractivity contribution is 6.37. The third kappa shape index (κ3) is 1.87. The van der Waals surface area contributed by atoms with Crippen LogP contribution in [0.15, 0.2) is 29.2 Å². The van der Waals surface area contributed by atoms with E-state index in [-0.39, 0.29) is 5.56 Å². The molecule has 0 unspecified atom stereocenters. The highest BCUT2D eigenvalue weighted by Crippen LogP contribution is 2.29. The molecule has 2 heterocycles. The Kier molecular flexibility index (Phi) is 2.99. The fraction of sp³-hybridized carbons (Fsp3) is 0.143. The fourth-order valence-electron chi connectivity index (χ4n) is 2.22. The molecule has 5 nitrogen and oxygen atoms in total. The van der Waals surface area contributed by atoms with Gasteiger partial charge in [0, 0.05) is 22.5 Å². The van der Waals surface area contributed by atoms with Gasteiger partial charge in [0.15, 0.2) is 0 Å². The number of fused-ring (bicyclic) bond motifs is 3. The molecule has 0 saturated carbocycles. The molecule has 102 valence electrons. The molecule has 0 aliphatic carbocycles. The monoisotopic (exact) mass is 290 g/mol. The minimum atomic E-state index is -0.398. The average Bonchev–Trinajstić information content (AvgIpc) is 2.83. The molecule has 1 aromatic carbocycles. The molecular weight excluding hydrogens is 280 g/mol. The van der Waals surface area contributed by atoms with Crippen molar-refractivity contribution in [3.63, 3.8) is 0 Å². The first-order valence-electron chi connectivity index (χ1n) is 6.11. The van der Waals surface area contributed by atoms with Crippen LogP contribution in [0.4, 0.5) is 0 Å². The molecule has 0 saturated heterocycles. The van der Waals surface area contributed by atoms with Gasteiger partial charge in [-0.3, -0.25) is 4.79 Å². The standard InChI is InChI=1S/C14H11ClN2O3/c1-2-20-14(19)7-3-4-10-8(5-7)11-9(15)6-16-13(18)12(11)17-10/h3-6,17H,2H2,1H3,(H,16,18). The molecule has 3 aromatic rings. The minimum absolute atomic E-state index is 0.252. The average molecular weight is 291 g/mol. The number of carbonyl (C=O) groups is 1. The highest BCUT2D eigenvalue weighted by atomic mass is 35.5. The topological polar surface area (TPSA) is 75.0 Å². The zero-order valence-corrected chi connectivity index (χ0v) is 11.4. The van der Waals surface area contributed by atoms with E-state index in [4.69, 9.17) is 16.3 Å². The van der Waals surface area contributed by atoms with Crippen molar-refractivity contribution in [1.82, 2.24) is 9.97 Å². The van der Waals surface area contributed by atoms with Crippen molar-refractivity contribution < 1.29 is 9.53 Å². The number of hydrogen-bond acceptors (Lipinski definition) is 3. The second kappa shape index (κ2) is 4.68. The fourth-order valence-corrected chi connectivity index (χ4v) is 2.48. The van der Waals surface area contributed by atoms with Crippen LogP contribution in [0.2, 0.25) is 5.02 Å². The molecule has 0 bridgehead atoms. The van der Waals surface area contributed by atoms with E-state index in [0.29, 0.717) is 28.1 Å². The summed E-state index contributed by atoms with van der Waals surface area (Å²) in [6.45, 7) is 2.06. The third-order valence-corrected chi connectivity index (χ3v) is 3.40. The van der Waals surface area contributed by atoms with Crippen LogP contribution in [-0.2, 0) is 4.74 Å². The molecule has 0 amide bonds. The number of aromatic nitrogens is 2. The predicted octanol–water partition coefficient (Wildman–Crippen LogP) is 2.84. The Morgan fingerprint density at radius 1 is 1.40 bits per heavy atom. The van der Waals surface area contributed by atoms with Crippen LogP contribution in [0.25, 0.3) is 21.8 Å². The van der Waals surface area contributed by atoms with Crippen LogP contribution >= 0.6 is 11.6 Å². The van der Waals surface area contributed by atoms with E-state index >= 15 is 0 Å². The van der Waals surface area contributed by atoms with Crippen molar-refractivity contribution in [2.24, 2.45) is 0 Å². The summed E-state index contributed by atoms with van der Waals surface area (Å²) in [6.07, 6.45) is 1.44. The van der Waals surface area contributed by atoms with Crippen molar-refractivity contribution in [2.75, 3.05) is 6.61 Å². The molecule has 0 aliphatic heterocycles. The summed E-state index contributed by atoms with van der Waals surface area (Å²) >= 11 is 6.14. The van der Waals surface area contributed by atoms with Crippen LogP contribution in [0.1, 0.15) is 17.3 Å². The Morgan fingerprint density at radius 3 is 2.95 bits per heavy atom. The lowest BCUT2D eigenvalue weighted by Gasteiger charge is -2.01. The summed E-state index contributed by atoms with van der Waals surface area (Å²) in [5.41, 5.74) is 1.31. The maximum atomic E-state index is 11.8. The van der Waals surface area contributed by atoms with Gasteiger partial charge in [-0.25, -0.2) is 4.79 Å². The summed E-state index contributed by atoms with van der Waals surface area (Å²) < 4.78 is 4.97.